The summed E-state index contributed by atoms with van der Waals surface area (Å²) in [6.45, 7) is 6.31. The number of hydrogen-bond acceptors (Lipinski definition) is 4. The topological polar surface area (TPSA) is 64.0 Å². The molecule has 6 heteroatoms. The molecule has 0 spiro atoms. The van der Waals surface area contributed by atoms with Crippen molar-refractivity contribution >= 4 is 22.4 Å². The van der Waals surface area contributed by atoms with Gasteiger partial charge in [-0.25, -0.2) is 4.98 Å². The maximum Gasteiger partial charge on any atom is 0.258 e. The molecule has 3 aromatic rings. The van der Waals surface area contributed by atoms with Gasteiger partial charge in [0, 0.05) is 17.1 Å². The van der Waals surface area contributed by atoms with Gasteiger partial charge in [0.1, 0.15) is 0 Å². The Morgan fingerprint density at radius 2 is 1.84 bits per heavy atom. The van der Waals surface area contributed by atoms with E-state index in [9.17, 15) is 9.59 Å². The summed E-state index contributed by atoms with van der Waals surface area (Å²) in [7, 11) is 0. The molecule has 0 atom stereocenters. The molecule has 0 saturated heterocycles. The van der Waals surface area contributed by atoms with Gasteiger partial charge in [-0.15, -0.1) is 11.3 Å². The third-order valence-electron chi connectivity index (χ3n) is 3.97. The van der Waals surface area contributed by atoms with Gasteiger partial charge in [0.25, 0.3) is 11.5 Å². The standard InChI is InChI=1S/C19H19N3O2S/c1-12-4-6-15(7-5-12)10-22-11-16(8-9-17(22)23)18(24)21-19-20-13(2)14(3)25-19/h4-9,11H,10H2,1-3H3,(H,20,21,24). The van der Waals surface area contributed by atoms with Gasteiger partial charge in [-0.2, -0.15) is 0 Å². The van der Waals surface area contributed by atoms with Gasteiger partial charge >= 0.3 is 0 Å². The molecule has 128 valence electrons. The van der Waals surface area contributed by atoms with Crippen LogP contribution >= 0.6 is 11.3 Å². The van der Waals surface area contributed by atoms with E-state index in [0.717, 1.165) is 16.1 Å². The Balaban J connectivity index is 1.81. The summed E-state index contributed by atoms with van der Waals surface area (Å²) in [5.41, 5.74) is 3.37. The summed E-state index contributed by atoms with van der Waals surface area (Å²) >= 11 is 1.44. The molecule has 0 aliphatic rings. The summed E-state index contributed by atoms with van der Waals surface area (Å²) in [4.78, 5) is 29.9. The molecular weight excluding hydrogens is 334 g/mol. The van der Waals surface area contributed by atoms with Gasteiger partial charge in [-0.05, 0) is 32.4 Å². The van der Waals surface area contributed by atoms with Crippen LogP contribution in [0.2, 0.25) is 0 Å². The fourth-order valence-electron chi connectivity index (χ4n) is 2.37. The zero-order valence-electron chi connectivity index (χ0n) is 14.4. The quantitative estimate of drug-likeness (QED) is 0.780. The van der Waals surface area contributed by atoms with Crippen molar-refractivity contribution in [3.05, 3.63) is 80.2 Å². The minimum absolute atomic E-state index is 0.141. The molecule has 0 aliphatic carbocycles. The van der Waals surface area contributed by atoms with Crippen LogP contribution in [0, 0.1) is 20.8 Å². The molecule has 1 N–H and O–H groups in total. The van der Waals surface area contributed by atoms with E-state index in [1.165, 1.54) is 33.6 Å². The molecule has 0 radical (unpaired) electrons. The number of rotatable bonds is 4. The number of pyridine rings is 1. The van der Waals surface area contributed by atoms with E-state index in [0.29, 0.717) is 17.2 Å². The van der Waals surface area contributed by atoms with Crippen LogP contribution in [0.25, 0.3) is 0 Å². The van der Waals surface area contributed by atoms with Crippen molar-refractivity contribution < 1.29 is 4.79 Å². The Bertz CT molecular complexity index is 952. The molecule has 25 heavy (non-hydrogen) atoms. The lowest BCUT2D eigenvalue weighted by molar-refractivity contribution is 0.102. The van der Waals surface area contributed by atoms with Crippen LogP contribution in [0.3, 0.4) is 0 Å². The first kappa shape index (κ1) is 17.1. The summed E-state index contributed by atoms with van der Waals surface area (Å²) in [5, 5.41) is 3.36. The molecular formula is C19H19N3O2S. The Labute approximate surface area is 150 Å². The molecule has 2 heterocycles. The van der Waals surface area contributed by atoms with Gasteiger partial charge in [0.05, 0.1) is 17.8 Å². The van der Waals surface area contributed by atoms with E-state index in [1.807, 2.05) is 45.0 Å². The van der Waals surface area contributed by atoms with E-state index in [4.69, 9.17) is 0 Å². The molecule has 0 unspecified atom stereocenters. The lowest BCUT2D eigenvalue weighted by Crippen LogP contribution is -2.22. The fraction of sp³-hybridized carbons (Fsp3) is 0.211. The number of aryl methyl sites for hydroxylation is 3. The second kappa shape index (κ2) is 7.03. The Hall–Kier alpha value is -2.73. The van der Waals surface area contributed by atoms with Crippen molar-refractivity contribution in [2.45, 2.75) is 27.3 Å². The first-order chi connectivity index (χ1) is 11.9. The minimum atomic E-state index is -0.272. The normalized spacial score (nSPS) is 10.7. The Kier molecular flexibility index (Phi) is 4.81. The number of thiazole rings is 1. The summed E-state index contributed by atoms with van der Waals surface area (Å²) in [5.74, 6) is -0.272. The van der Waals surface area contributed by atoms with Gasteiger partial charge in [0.2, 0.25) is 0 Å². The van der Waals surface area contributed by atoms with Gasteiger partial charge in [-0.1, -0.05) is 29.8 Å². The maximum atomic E-state index is 12.4. The average molecular weight is 353 g/mol. The highest BCUT2D eigenvalue weighted by Crippen LogP contribution is 2.21. The molecule has 0 bridgehead atoms. The van der Waals surface area contributed by atoms with Crippen molar-refractivity contribution in [2.75, 3.05) is 5.32 Å². The van der Waals surface area contributed by atoms with Crippen LogP contribution in [-0.4, -0.2) is 15.5 Å². The second-order valence-corrected chi connectivity index (χ2v) is 7.19. The van der Waals surface area contributed by atoms with Crippen molar-refractivity contribution in [2.24, 2.45) is 0 Å². The lowest BCUT2D eigenvalue weighted by Gasteiger charge is -2.08. The molecule has 3 rings (SSSR count). The van der Waals surface area contributed by atoms with Crippen LogP contribution in [0.4, 0.5) is 5.13 Å². The Morgan fingerprint density at radius 3 is 2.48 bits per heavy atom. The zero-order chi connectivity index (χ0) is 18.0. The van der Waals surface area contributed by atoms with Crippen LogP contribution in [0.5, 0.6) is 0 Å². The summed E-state index contributed by atoms with van der Waals surface area (Å²) < 4.78 is 1.54. The lowest BCUT2D eigenvalue weighted by atomic mass is 10.1. The number of amides is 1. The molecule has 0 aliphatic heterocycles. The van der Waals surface area contributed by atoms with E-state index < -0.39 is 0 Å². The van der Waals surface area contributed by atoms with Crippen molar-refractivity contribution in [3.63, 3.8) is 0 Å². The number of anilines is 1. The Morgan fingerprint density at radius 1 is 1.12 bits per heavy atom. The highest BCUT2D eigenvalue weighted by atomic mass is 32.1. The van der Waals surface area contributed by atoms with Crippen molar-refractivity contribution in [1.29, 1.82) is 0 Å². The number of carbonyl (C=O) groups is 1. The monoisotopic (exact) mass is 353 g/mol. The van der Waals surface area contributed by atoms with E-state index in [2.05, 4.69) is 10.3 Å². The van der Waals surface area contributed by atoms with Crippen LogP contribution in [0.15, 0.2) is 47.4 Å². The number of nitrogens with one attached hydrogen (secondary N) is 1. The number of hydrogen-bond donors (Lipinski definition) is 1. The predicted molar refractivity (Wildman–Crippen MR) is 101 cm³/mol. The third kappa shape index (κ3) is 4.03. The fourth-order valence-corrected chi connectivity index (χ4v) is 3.18. The number of nitrogens with zero attached hydrogens (tertiary/aromatic N) is 2. The summed E-state index contributed by atoms with van der Waals surface area (Å²) in [6.07, 6.45) is 1.59. The van der Waals surface area contributed by atoms with Crippen LogP contribution in [-0.2, 0) is 6.54 Å². The van der Waals surface area contributed by atoms with Gasteiger partial charge in [0.15, 0.2) is 5.13 Å². The molecule has 0 saturated carbocycles. The second-order valence-electron chi connectivity index (χ2n) is 5.98. The molecule has 1 amide bonds. The number of aromatic nitrogens is 2. The predicted octanol–water partition coefficient (Wildman–Crippen LogP) is 3.53. The number of carbonyl (C=O) groups excluding carboxylic acids is 1. The van der Waals surface area contributed by atoms with Crippen LogP contribution < -0.4 is 10.9 Å². The first-order valence-corrected chi connectivity index (χ1v) is 8.75. The highest BCUT2D eigenvalue weighted by Gasteiger charge is 2.11. The molecule has 5 nitrogen and oxygen atoms in total. The van der Waals surface area contributed by atoms with E-state index >= 15 is 0 Å². The van der Waals surface area contributed by atoms with Gasteiger partial charge in [-0.3, -0.25) is 14.9 Å². The molecule has 1 aromatic carbocycles. The minimum Gasteiger partial charge on any atom is -0.310 e. The van der Waals surface area contributed by atoms with Crippen molar-refractivity contribution in [1.82, 2.24) is 9.55 Å². The average Bonchev–Trinajstić information content (AvgIpc) is 2.89. The smallest absolute Gasteiger partial charge is 0.258 e. The van der Waals surface area contributed by atoms with E-state index in [-0.39, 0.29) is 11.5 Å². The van der Waals surface area contributed by atoms with Crippen LogP contribution in [0.1, 0.15) is 32.1 Å². The van der Waals surface area contributed by atoms with Crippen molar-refractivity contribution in [3.8, 4) is 0 Å². The zero-order valence-corrected chi connectivity index (χ0v) is 15.2. The SMILES string of the molecule is Cc1ccc(Cn2cc(C(=O)Nc3nc(C)c(C)s3)ccc2=O)cc1. The maximum absolute atomic E-state index is 12.4. The van der Waals surface area contributed by atoms with E-state index in [1.54, 1.807) is 6.20 Å². The summed E-state index contributed by atoms with van der Waals surface area (Å²) in [6, 6.07) is 10.9. The number of benzene rings is 1. The highest BCUT2D eigenvalue weighted by molar-refractivity contribution is 7.15. The van der Waals surface area contributed by atoms with Gasteiger partial charge < -0.3 is 4.57 Å². The third-order valence-corrected chi connectivity index (χ3v) is 4.96. The first-order valence-electron chi connectivity index (χ1n) is 7.94. The molecule has 2 aromatic heterocycles. The molecule has 0 fully saturated rings. The largest absolute Gasteiger partial charge is 0.310 e.